The molecule has 0 radical (unpaired) electrons. The Morgan fingerprint density at radius 2 is 1.97 bits per heavy atom. The van der Waals surface area contributed by atoms with Crippen LogP contribution >= 0.6 is 0 Å². The number of benzene rings is 1. The second-order valence-electron chi connectivity index (χ2n) is 10.4. The molecular weight excluding hydrogens is 476 g/mol. The average Bonchev–Trinajstić information content (AvgIpc) is 3.54. The number of carbonyl (C=O) groups is 1. The SMILES string of the molecule is CC1=CC(C(C)(C)O)=CCC1(C)S(N)(=O)=NC(=O)Nc1c(C(C)C)cc(OC(F)F)cc1C1CC1. The standard InChI is InChI=1S/C25H35F2N3O4S/c1-14(2)19-12-18(34-22(26)27)13-20(16-7-8-16)21(19)29-23(31)30-35(28,33)25(6)10-9-17(11-15(25)3)24(4,5)32/h9,11-14,16,22,32H,7-8,10H2,1-6H3,(H3,28,29,30,31,33). The van der Waals surface area contributed by atoms with Crippen molar-refractivity contribution >= 4 is 21.6 Å². The van der Waals surface area contributed by atoms with Crippen LogP contribution < -0.4 is 15.2 Å². The Kier molecular flexibility index (Phi) is 7.51. The zero-order chi connectivity index (χ0) is 26.3. The van der Waals surface area contributed by atoms with Gasteiger partial charge in [-0.05, 0) is 87.6 Å². The summed E-state index contributed by atoms with van der Waals surface area (Å²) in [4.78, 5) is 13.0. The van der Waals surface area contributed by atoms with Gasteiger partial charge in [-0.2, -0.15) is 8.78 Å². The van der Waals surface area contributed by atoms with Gasteiger partial charge in [0.25, 0.3) is 0 Å². The van der Waals surface area contributed by atoms with Gasteiger partial charge >= 0.3 is 12.6 Å². The summed E-state index contributed by atoms with van der Waals surface area (Å²) < 4.78 is 46.7. The van der Waals surface area contributed by atoms with Crippen molar-refractivity contribution in [3.8, 4) is 5.75 Å². The molecule has 1 fully saturated rings. The van der Waals surface area contributed by atoms with E-state index < -0.39 is 32.9 Å². The number of nitrogens with two attached hydrogens (primary N) is 1. The van der Waals surface area contributed by atoms with Crippen molar-refractivity contribution in [2.45, 2.75) is 89.6 Å². The van der Waals surface area contributed by atoms with E-state index in [1.807, 2.05) is 13.8 Å². The van der Waals surface area contributed by atoms with Crippen LogP contribution in [0, 0.1) is 0 Å². The number of hydrogen-bond acceptors (Lipinski definition) is 4. The summed E-state index contributed by atoms with van der Waals surface area (Å²) in [6.45, 7) is 7.54. The minimum Gasteiger partial charge on any atom is -0.435 e. The fraction of sp³-hybridized carbons (Fsp3) is 0.560. The number of ether oxygens (including phenoxy) is 1. The van der Waals surface area contributed by atoms with Gasteiger partial charge in [-0.25, -0.2) is 14.1 Å². The number of urea groups is 1. The van der Waals surface area contributed by atoms with Gasteiger partial charge < -0.3 is 15.2 Å². The van der Waals surface area contributed by atoms with Crippen LogP contribution in [0.5, 0.6) is 5.75 Å². The highest BCUT2D eigenvalue weighted by Crippen LogP contribution is 2.47. The smallest absolute Gasteiger partial charge is 0.387 e. The van der Waals surface area contributed by atoms with E-state index in [1.165, 1.54) is 12.1 Å². The third-order valence-electron chi connectivity index (χ3n) is 6.76. The van der Waals surface area contributed by atoms with Gasteiger partial charge in [0, 0.05) is 5.69 Å². The Morgan fingerprint density at radius 3 is 2.46 bits per heavy atom. The molecule has 3 rings (SSSR count). The Morgan fingerprint density at radius 1 is 1.34 bits per heavy atom. The lowest BCUT2D eigenvalue weighted by atomic mass is 9.84. The van der Waals surface area contributed by atoms with Crippen LogP contribution in [0.1, 0.15) is 83.8 Å². The normalized spacial score (nSPS) is 22.4. The van der Waals surface area contributed by atoms with Crippen LogP contribution in [-0.4, -0.2) is 32.3 Å². The van der Waals surface area contributed by atoms with E-state index >= 15 is 0 Å². The molecule has 2 aliphatic rings. The number of nitrogens with zero attached hydrogens (tertiary/aromatic N) is 1. The second-order valence-corrected chi connectivity index (χ2v) is 12.6. The molecule has 35 heavy (non-hydrogen) atoms. The van der Waals surface area contributed by atoms with E-state index in [4.69, 9.17) is 5.14 Å². The molecule has 0 saturated heterocycles. The Labute approximate surface area is 206 Å². The summed E-state index contributed by atoms with van der Waals surface area (Å²) >= 11 is 0. The molecule has 2 atom stereocenters. The summed E-state index contributed by atoms with van der Waals surface area (Å²) in [6, 6.07) is 2.13. The van der Waals surface area contributed by atoms with Gasteiger partial charge in [0.1, 0.15) is 15.7 Å². The van der Waals surface area contributed by atoms with Crippen molar-refractivity contribution in [3.05, 3.63) is 46.6 Å². The predicted octanol–water partition coefficient (Wildman–Crippen LogP) is 5.97. The monoisotopic (exact) mass is 511 g/mol. The number of anilines is 1. The van der Waals surface area contributed by atoms with Crippen molar-refractivity contribution < 1.29 is 27.6 Å². The van der Waals surface area contributed by atoms with Crippen molar-refractivity contribution in [2.75, 3.05) is 5.32 Å². The highest BCUT2D eigenvalue weighted by atomic mass is 32.2. The topological polar surface area (TPSA) is 114 Å². The number of allylic oxidation sites excluding steroid dienone is 1. The number of rotatable bonds is 7. The fourth-order valence-corrected chi connectivity index (χ4v) is 5.52. The van der Waals surface area contributed by atoms with Crippen LogP contribution in [0.3, 0.4) is 0 Å². The lowest BCUT2D eigenvalue weighted by molar-refractivity contribution is -0.0499. The molecule has 2 aliphatic carbocycles. The van der Waals surface area contributed by atoms with Gasteiger partial charge in [0.05, 0.1) is 10.3 Å². The zero-order valence-electron chi connectivity index (χ0n) is 21.0. The molecule has 0 heterocycles. The molecule has 1 aromatic rings. The molecule has 0 bridgehead atoms. The maximum atomic E-state index is 13.6. The highest BCUT2D eigenvalue weighted by Gasteiger charge is 2.40. The molecule has 7 nitrogen and oxygen atoms in total. The minimum absolute atomic E-state index is 0.0352. The first kappa shape index (κ1) is 27.3. The van der Waals surface area contributed by atoms with E-state index in [0.29, 0.717) is 28.0 Å². The second kappa shape index (κ2) is 9.63. The van der Waals surface area contributed by atoms with E-state index in [0.717, 1.165) is 12.8 Å². The molecule has 1 saturated carbocycles. The Bertz CT molecular complexity index is 1170. The first-order chi connectivity index (χ1) is 16.0. The number of amides is 2. The van der Waals surface area contributed by atoms with Crippen LogP contribution in [-0.2, 0) is 9.92 Å². The molecule has 194 valence electrons. The molecule has 10 heteroatoms. The molecule has 2 unspecified atom stereocenters. The van der Waals surface area contributed by atoms with Crippen molar-refractivity contribution in [2.24, 2.45) is 9.50 Å². The van der Waals surface area contributed by atoms with E-state index in [9.17, 15) is 22.9 Å². The number of alkyl halides is 2. The number of halogens is 2. The van der Waals surface area contributed by atoms with Crippen molar-refractivity contribution in [1.29, 1.82) is 0 Å². The highest BCUT2D eigenvalue weighted by molar-refractivity contribution is 7.93. The maximum Gasteiger partial charge on any atom is 0.387 e. The summed E-state index contributed by atoms with van der Waals surface area (Å²) in [5.41, 5.74) is 2.04. The van der Waals surface area contributed by atoms with Crippen LogP contribution in [0.4, 0.5) is 19.3 Å². The summed E-state index contributed by atoms with van der Waals surface area (Å²) in [5, 5.41) is 19.2. The Balaban J connectivity index is 1.96. The quantitative estimate of drug-likeness (QED) is 0.418. The van der Waals surface area contributed by atoms with Gasteiger partial charge in [0.2, 0.25) is 0 Å². The summed E-state index contributed by atoms with van der Waals surface area (Å²) in [6.07, 6.45) is 5.46. The fourth-order valence-electron chi connectivity index (χ4n) is 4.19. The molecule has 0 spiro atoms. The molecule has 0 aromatic heterocycles. The first-order valence-corrected chi connectivity index (χ1v) is 13.2. The Hall–Kier alpha value is -2.30. The molecule has 0 aliphatic heterocycles. The molecular formula is C25H35F2N3O4S. The first-order valence-electron chi connectivity index (χ1n) is 11.6. The van der Waals surface area contributed by atoms with Gasteiger partial charge in [0.15, 0.2) is 0 Å². The largest absolute Gasteiger partial charge is 0.435 e. The number of aliphatic hydroxyl groups is 1. The zero-order valence-corrected chi connectivity index (χ0v) is 21.8. The van der Waals surface area contributed by atoms with Gasteiger partial charge in [-0.15, -0.1) is 4.36 Å². The van der Waals surface area contributed by atoms with Crippen LogP contribution in [0.25, 0.3) is 0 Å². The van der Waals surface area contributed by atoms with E-state index in [-0.39, 0.29) is 24.0 Å². The van der Waals surface area contributed by atoms with Gasteiger partial charge in [-0.3, -0.25) is 0 Å². The lowest BCUT2D eigenvalue weighted by Crippen LogP contribution is -2.44. The number of hydrogen-bond donors (Lipinski definition) is 3. The number of carbonyl (C=O) groups excluding carboxylic acids is 1. The maximum absolute atomic E-state index is 13.6. The van der Waals surface area contributed by atoms with E-state index in [1.54, 1.807) is 39.8 Å². The average molecular weight is 512 g/mol. The molecule has 1 aromatic carbocycles. The lowest BCUT2D eigenvalue weighted by Gasteiger charge is -2.35. The minimum atomic E-state index is -3.55. The van der Waals surface area contributed by atoms with Crippen LogP contribution in [0.2, 0.25) is 0 Å². The summed E-state index contributed by atoms with van der Waals surface area (Å²) in [5.74, 6) is 0.0309. The van der Waals surface area contributed by atoms with Crippen molar-refractivity contribution in [3.63, 3.8) is 0 Å². The van der Waals surface area contributed by atoms with Gasteiger partial charge in [-0.1, -0.05) is 31.6 Å². The van der Waals surface area contributed by atoms with E-state index in [2.05, 4.69) is 14.4 Å². The number of nitrogens with one attached hydrogen (secondary N) is 1. The molecule has 4 N–H and O–H groups in total. The van der Waals surface area contributed by atoms with Crippen molar-refractivity contribution in [1.82, 2.24) is 0 Å². The third-order valence-corrected chi connectivity index (χ3v) is 8.97. The summed E-state index contributed by atoms with van der Waals surface area (Å²) in [7, 11) is -3.55. The van der Waals surface area contributed by atoms with Crippen LogP contribution in [0.15, 0.2) is 39.8 Å². The predicted molar refractivity (Wildman–Crippen MR) is 134 cm³/mol. The molecule has 2 amide bonds. The third kappa shape index (κ3) is 5.92.